The summed E-state index contributed by atoms with van der Waals surface area (Å²) < 4.78 is 26.8. The van der Waals surface area contributed by atoms with Gasteiger partial charge in [-0.1, -0.05) is 13.3 Å². The van der Waals surface area contributed by atoms with Crippen molar-refractivity contribution in [3.05, 3.63) is 77.4 Å². The minimum Gasteiger partial charge on any atom is -0.494 e. The minimum absolute atomic E-state index is 0.287. The Bertz CT molecular complexity index is 1200. The molecule has 194 valence electrons. The summed E-state index contributed by atoms with van der Waals surface area (Å²) in [6.07, 6.45) is 3.50. The molecule has 1 N–H and O–H groups in total. The number of methoxy groups -OCH3 is 3. The summed E-state index contributed by atoms with van der Waals surface area (Å²) in [5, 5.41) is 3.99. The van der Waals surface area contributed by atoms with Crippen LogP contribution in [-0.4, -0.2) is 46.0 Å². The molecule has 0 aliphatic heterocycles. The number of hydrogen-bond donors (Lipinski definition) is 1. The molecule has 37 heavy (non-hydrogen) atoms. The lowest BCUT2D eigenvalue weighted by molar-refractivity contribution is 0.0734. The molecule has 9 nitrogen and oxygen atoms in total. The van der Waals surface area contributed by atoms with E-state index in [2.05, 4.69) is 17.5 Å². The van der Waals surface area contributed by atoms with Gasteiger partial charge in [0.25, 0.3) is 5.91 Å². The van der Waals surface area contributed by atoms with Gasteiger partial charge in [-0.3, -0.25) is 4.79 Å². The molecule has 0 aromatic heterocycles. The highest BCUT2D eigenvalue weighted by Crippen LogP contribution is 2.38. The quantitative estimate of drug-likeness (QED) is 0.123. The first-order valence-electron chi connectivity index (χ1n) is 11.7. The van der Waals surface area contributed by atoms with Crippen molar-refractivity contribution < 1.29 is 33.3 Å². The molecule has 3 rings (SSSR count). The Hall–Kier alpha value is -4.53. The maximum Gasteiger partial charge on any atom is 0.343 e. The van der Waals surface area contributed by atoms with Gasteiger partial charge in [-0.25, -0.2) is 10.2 Å². The van der Waals surface area contributed by atoms with Crippen LogP contribution < -0.4 is 29.1 Å². The number of carbonyl (C=O) groups is 2. The monoisotopic (exact) mass is 506 g/mol. The molecule has 1 amide bonds. The van der Waals surface area contributed by atoms with E-state index in [1.54, 1.807) is 48.5 Å². The molecule has 0 saturated carbocycles. The highest BCUT2D eigenvalue weighted by atomic mass is 16.5. The van der Waals surface area contributed by atoms with Crippen LogP contribution in [-0.2, 0) is 0 Å². The average molecular weight is 507 g/mol. The fourth-order valence-corrected chi connectivity index (χ4v) is 3.25. The standard InChI is InChI=1S/C28H30N2O7/c1-5-6-15-36-22-13-9-20(10-14-22)28(32)37-23-11-7-19(8-12-23)18-29-30-27(31)21-16-24(33-2)26(35-4)25(17-21)34-3/h7-14,16-18H,5-6,15H2,1-4H3,(H,30,31)/b29-18+. The van der Waals surface area contributed by atoms with Crippen LogP contribution in [0.3, 0.4) is 0 Å². The first-order valence-corrected chi connectivity index (χ1v) is 11.7. The molecular formula is C28H30N2O7. The second-order valence-corrected chi connectivity index (χ2v) is 7.80. The maximum absolute atomic E-state index is 12.5. The zero-order valence-corrected chi connectivity index (χ0v) is 21.3. The summed E-state index contributed by atoms with van der Waals surface area (Å²) in [6.45, 7) is 2.74. The Morgan fingerprint density at radius 3 is 2.03 bits per heavy atom. The Kier molecular flexibility index (Phi) is 9.90. The van der Waals surface area contributed by atoms with Crippen molar-refractivity contribution in [1.29, 1.82) is 0 Å². The third-order valence-corrected chi connectivity index (χ3v) is 5.25. The molecule has 0 saturated heterocycles. The van der Waals surface area contributed by atoms with Gasteiger partial charge in [-0.2, -0.15) is 5.10 Å². The topological polar surface area (TPSA) is 105 Å². The number of benzene rings is 3. The van der Waals surface area contributed by atoms with E-state index in [0.29, 0.717) is 46.5 Å². The van der Waals surface area contributed by atoms with E-state index in [1.165, 1.54) is 39.7 Å². The van der Waals surface area contributed by atoms with Crippen LogP contribution in [0.15, 0.2) is 65.8 Å². The summed E-state index contributed by atoms with van der Waals surface area (Å²) >= 11 is 0. The fourth-order valence-electron chi connectivity index (χ4n) is 3.25. The second kappa shape index (κ2) is 13.5. The maximum atomic E-state index is 12.5. The van der Waals surface area contributed by atoms with Crippen LogP contribution in [0.1, 0.15) is 46.0 Å². The summed E-state index contributed by atoms with van der Waals surface area (Å²) in [5.74, 6) is 1.27. The predicted octanol–water partition coefficient (Wildman–Crippen LogP) is 4.87. The van der Waals surface area contributed by atoms with Gasteiger partial charge in [0.15, 0.2) is 11.5 Å². The molecule has 3 aromatic carbocycles. The van der Waals surface area contributed by atoms with Crippen molar-refractivity contribution in [2.45, 2.75) is 19.8 Å². The third kappa shape index (κ3) is 7.47. The molecule has 0 spiro atoms. The van der Waals surface area contributed by atoms with Crippen LogP contribution in [0, 0.1) is 0 Å². The third-order valence-electron chi connectivity index (χ3n) is 5.25. The van der Waals surface area contributed by atoms with Crippen LogP contribution in [0.2, 0.25) is 0 Å². The van der Waals surface area contributed by atoms with Gasteiger partial charge in [0.2, 0.25) is 5.75 Å². The first-order chi connectivity index (χ1) is 18.0. The number of rotatable bonds is 12. The van der Waals surface area contributed by atoms with Crippen LogP contribution >= 0.6 is 0 Å². The van der Waals surface area contributed by atoms with Crippen molar-refractivity contribution in [2.75, 3.05) is 27.9 Å². The van der Waals surface area contributed by atoms with Crippen molar-refractivity contribution in [3.8, 4) is 28.7 Å². The van der Waals surface area contributed by atoms with Gasteiger partial charge < -0.3 is 23.7 Å². The van der Waals surface area contributed by atoms with Gasteiger partial charge in [0.05, 0.1) is 39.7 Å². The van der Waals surface area contributed by atoms with Crippen molar-refractivity contribution in [2.24, 2.45) is 5.10 Å². The van der Waals surface area contributed by atoms with E-state index >= 15 is 0 Å². The van der Waals surface area contributed by atoms with Gasteiger partial charge in [-0.15, -0.1) is 0 Å². The van der Waals surface area contributed by atoms with Crippen LogP contribution in [0.25, 0.3) is 0 Å². The molecule has 0 heterocycles. The smallest absolute Gasteiger partial charge is 0.343 e. The summed E-state index contributed by atoms with van der Waals surface area (Å²) in [4.78, 5) is 24.9. The van der Waals surface area contributed by atoms with Gasteiger partial charge in [0, 0.05) is 5.56 Å². The number of esters is 1. The van der Waals surface area contributed by atoms with Gasteiger partial charge in [0.1, 0.15) is 11.5 Å². The molecule has 0 radical (unpaired) electrons. The molecular weight excluding hydrogens is 476 g/mol. The zero-order valence-electron chi connectivity index (χ0n) is 21.3. The highest BCUT2D eigenvalue weighted by molar-refractivity contribution is 5.96. The molecule has 0 bridgehead atoms. The summed E-state index contributed by atoms with van der Waals surface area (Å²) in [5.41, 5.74) is 3.86. The second-order valence-electron chi connectivity index (χ2n) is 7.80. The largest absolute Gasteiger partial charge is 0.494 e. The van der Waals surface area contributed by atoms with E-state index in [9.17, 15) is 9.59 Å². The van der Waals surface area contributed by atoms with Crippen LogP contribution in [0.4, 0.5) is 0 Å². The summed E-state index contributed by atoms with van der Waals surface area (Å²) in [6, 6.07) is 16.6. The number of carbonyl (C=O) groups excluding carboxylic acids is 2. The molecule has 0 fully saturated rings. The number of nitrogens with zero attached hydrogens (tertiary/aromatic N) is 1. The first kappa shape index (κ1) is 27.1. The Labute approximate surface area is 216 Å². The number of amides is 1. The lowest BCUT2D eigenvalue weighted by Gasteiger charge is -2.13. The van der Waals surface area contributed by atoms with E-state index in [1.807, 2.05) is 0 Å². The normalized spacial score (nSPS) is 10.6. The molecule has 3 aromatic rings. The van der Waals surface area contributed by atoms with Crippen molar-refractivity contribution in [1.82, 2.24) is 5.43 Å². The zero-order chi connectivity index (χ0) is 26.6. The van der Waals surface area contributed by atoms with Crippen LogP contribution in [0.5, 0.6) is 28.7 Å². The Morgan fingerprint density at radius 1 is 0.838 bits per heavy atom. The van der Waals surface area contributed by atoms with E-state index in [4.69, 9.17) is 23.7 Å². The van der Waals surface area contributed by atoms with Crippen molar-refractivity contribution in [3.63, 3.8) is 0 Å². The number of hydrogen-bond acceptors (Lipinski definition) is 8. The number of hydrazone groups is 1. The number of nitrogens with one attached hydrogen (secondary N) is 1. The Morgan fingerprint density at radius 2 is 1.46 bits per heavy atom. The van der Waals surface area contributed by atoms with E-state index in [-0.39, 0.29) is 5.56 Å². The van der Waals surface area contributed by atoms with E-state index < -0.39 is 11.9 Å². The predicted molar refractivity (Wildman–Crippen MR) is 139 cm³/mol. The minimum atomic E-state index is -0.473. The van der Waals surface area contributed by atoms with Crippen molar-refractivity contribution >= 4 is 18.1 Å². The average Bonchev–Trinajstić information content (AvgIpc) is 2.93. The SMILES string of the molecule is CCCCOc1ccc(C(=O)Oc2ccc(/C=N/NC(=O)c3cc(OC)c(OC)c(OC)c3)cc2)cc1. The Balaban J connectivity index is 1.56. The van der Waals surface area contributed by atoms with Gasteiger partial charge >= 0.3 is 5.97 Å². The summed E-state index contributed by atoms with van der Waals surface area (Å²) in [7, 11) is 4.43. The highest BCUT2D eigenvalue weighted by Gasteiger charge is 2.16. The molecule has 0 aliphatic rings. The lowest BCUT2D eigenvalue weighted by atomic mass is 10.1. The molecule has 9 heteroatoms. The molecule has 0 aliphatic carbocycles. The molecule has 0 atom stereocenters. The van der Waals surface area contributed by atoms with E-state index in [0.717, 1.165) is 12.8 Å². The number of unbranched alkanes of at least 4 members (excludes halogenated alkanes) is 1. The fraction of sp³-hybridized carbons (Fsp3) is 0.250. The number of ether oxygens (including phenoxy) is 5. The van der Waals surface area contributed by atoms with Gasteiger partial charge in [-0.05, 0) is 72.6 Å². The lowest BCUT2D eigenvalue weighted by Crippen LogP contribution is -2.18. The molecule has 0 unspecified atom stereocenters.